The number of hydrogen-bond acceptors (Lipinski definition) is 5. The number of benzene rings is 2. The molecule has 2 aromatic carbocycles. The third kappa shape index (κ3) is 7.07. The molecule has 7 heteroatoms. The van der Waals surface area contributed by atoms with Gasteiger partial charge in [-0.1, -0.05) is 24.3 Å². The van der Waals surface area contributed by atoms with E-state index in [4.69, 9.17) is 14.5 Å². The molecule has 2 N–H and O–H groups in total. The summed E-state index contributed by atoms with van der Waals surface area (Å²) in [6.07, 6.45) is 0.794. The lowest BCUT2D eigenvalue weighted by Gasteiger charge is -2.36. The first-order valence-electron chi connectivity index (χ1n) is 11.0. The number of phenolic OH excluding ortho intramolecular Hbond substituents is 1. The quantitative estimate of drug-likeness (QED) is 0.475. The van der Waals surface area contributed by atoms with E-state index < -0.39 is 0 Å². The maximum atomic E-state index is 9.74. The minimum Gasteiger partial charge on any atom is -0.504 e. The molecule has 7 nitrogen and oxygen atoms in total. The Labute approximate surface area is 185 Å². The van der Waals surface area contributed by atoms with Crippen molar-refractivity contribution in [3.63, 3.8) is 0 Å². The van der Waals surface area contributed by atoms with Crippen LogP contribution >= 0.6 is 0 Å². The van der Waals surface area contributed by atoms with Gasteiger partial charge in [0.2, 0.25) is 0 Å². The molecule has 0 atom stereocenters. The van der Waals surface area contributed by atoms with Crippen molar-refractivity contribution in [2.45, 2.75) is 13.3 Å². The topological polar surface area (TPSA) is 69.6 Å². The molecule has 0 bridgehead atoms. The first-order valence-corrected chi connectivity index (χ1v) is 11.0. The van der Waals surface area contributed by atoms with E-state index in [9.17, 15) is 5.11 Å². The van der Waals surface area contributed by atoms with E-state index in [1.807, 2.05) is 42.5 Å². The molecule has 1 aliphatic rings. The third-order valence-electron chi connectivity index (χ3n) is 5.33. The summed E-state index contributed by atoms with van der Waals surface area (Å²) in [5, 5.41) is 13.2. The lowest BCUT2D eigenvalue weighted by atomic mass is 10.1. The van der Waals surface area contributed by atoms with Crippen molar-refractivity contribution >= 4 is 5.96 Å². The highest BCUT2D eigenvalue weighted by Crippen LogP contribution is 2.26. The van der Waals surface area contributed by atoms with Crippen molar-refractivity contribution in [1.29, 1.82) is 0 Å². The Kier molecular flexibility index (Phi) is 8.84. The molecule has 2 aromatic rings. The maximum absolute atomic E-state index is 9.74. The molecule has 1 saturated heterocycles. The number of guanidine groups is 1. The van der Waals surface area contributed by atoms with Crippen LogP contribution in [0.2, 0.25) is 0 Å². The second-order valence-corrected chi connectivity index (χ2v) is 7.48. The molecule has 0 radical (unpaired) electrons. The first kappa shape index (κ1) is 22.7. The summed E-state index contributed by atoms with van der Waals surface area (Å²) >= 11 is 0. The van der Waals surface area contributed by atoms with Crippen LogP contribution in [0, 0.1) is 0 Å². The van der Waals surface area contributed by atoms with Crippen LogP contribution in [0.25, 0.3) is 0 Å². The molecule has 1 heterocycles. The second-order valence-electron chi connectivity index (χ2n) is 7.48. The van der Waals surface area contributed by atoms with Crippen molar-refractivity contribution < 1.29 is 14.6 Å². The molecule has 31 heavy (non-hydrogen) atoms. The zero-order chi connectivity index (χ0) is 21.9. The largest absolute Gasteiger partial charge is 0.504 e. The van der Waals surface area contributed by atoms with E-state index in [0.29, 0.717) is 18.9 Å². The van der Waals surface area contributed by atoms with E-state index in [1.54, 1.807) is 13.2 Å². The predicted molar refractivity (Wildman–Crippen MR) is 124 cm³/mol. The SMILES string of the molecule is CCNC(=NCCc1ccc(O)c(OC)c1)N1CCN(CCOc2ccccc2)CC1. The second kappa shape index (κ2) is 12.1. The average molecular weight is 427 g/mol. The number of piperazine rings is 1. The van der Waals surface area contributed by atoms with E-state index in [-0.39, 0.29) is 5.75 Å². The summed E-state index contributed by atoms with van der Waals surface area (Å²) in [6, 6.07) is 15.4. The molecule has 0 aliphatic carbocycles. The first-order chi connectivity index (χ1) is 15.2. The van der Waals surface area contributed by atoms with Gasteiger partial charge in [0.15, 0.2) is 17.5 Å². The molecule has 0 amide bonds. The van der Waals surface area contributed by atoms with Gasteiger partial charge in [0.1, 0.15) is 12.4 Å². The van der Waals surface area contributed by atoms with Gasteiger partial charge in [-0.2, -0.15) is 0 Å². The number of hydrogen-bond donors (Lipinski definition) is 2. The molecule has 1 fully saturated rings. The Morgan fingerprint density at radius 1 is 1.10 bits per heavy atom. The van der Waals surface area contributed by atoms with Crippen LogP contribution in [0.1, 0.15) is 12.5 Å². The number of rotatable bonds is 9. The van der Waals surface area contributed by atoms with Crippen LogP contribution < -0.4 is 14.8 Å². The Morgan fingerprint density at radius 2 is 1.87 bits per heavy atom. The van der Waals surface area contributed by atoms with Gasteiger partial charge in [0.25, 0.3) is 0 Å². The van der Waals surface area contributed by atoms with Gasteiger partial charge in [0, 0.05) is 45.8 Å². The number of para-hydroxylation sites is 1. The zero-order valence-electron chi connectivity index (χ0n) is 18.6. The van der Waals surface area contributed by atoms with Gasteiger partial charge in [-0.3, -0.25) is 9.89 Å². The molecule has 3 rings (SSSR count). The van der Waals surface area contributed by atoms with Crippen molar-refractivity contribution in [2.75, 3.05) is 59.5 Å². The lowest BCUT2D eigenvalue weighted by Crippen LogP contribution is -2.53. The lowest BCUT2D eigenvalue weighted by molar-refractivity contribution is 0.152. The molecule has 1 aliphatic heterocycles. The minimum absolute atomic E-state index is 0.162. The Hall–Kier alpha value is -2.93. The predicted octanol–water partition coefficient (Wildman–Crippen LogP) is 2.61. The fraction of sp³-hybridized carbons (Fsp3) is 0.458. The van der Waals surface area contributed by atoms with E-state index >= 15 is 0 Å². The Bertz CT molecular complexity index is 821. The maximum Gasteiger partial charge on any atom is 0.194 e. The highest BCUT2D eigenvalue weighted by atomic mass is 16.5. The average Bonchev–Trinajstić information content (AvgIpc) is 2.81. The van der Waals surface area contributed by atoms with Crippen molar-refractivity contribution in [1.82, 2.24) is 15.1 Å². The minimum atomic E-state index is 0.162. The van der Waals surface area contributed by atoms with Crippen molar-refractivity contribution in [2.24, 2.45) is 4.99 Å². The number of ether oxygens (including phenoxy) is 2. The molecule has 0 aromatic heterocycles. The summed E-state index contributed by atoms with van der Waals surface area (Å²) in [6.45, 7) is 9.15. The fourth-order valence-corrected chi connectivity index (χ4v) is 3.59. The Morgan fingerprint density at radius 3 is 2.58 bits per heavy atom. The van der Waals surface area contributed by atoms with Crippen LogP contribution in [0.5, 0.6) is 17.2 Å². The van der Waals surface area contributed by atoms with Gasteiger partial charge in [-0.05, 0) is 43.2 Å². The van der Waals surface area contributed by atoms with Gasteiger partial charge >= 0.3 is 0 Å². The van der Waals surface area contributed by atoms with Crippen molar-refractivity contribution in [3.05, 3.63) is 54.1 Å². The number of phenols is 1. The van der Waals surface area contributed by atoms with E-state index in [1.165, 1.54) is 0 Å². The molecular weight excluding hydrogens is 392 g/mol. The highest BCUT2D eigenvalue weighted by Gasteiger charge is 2.19. The number of nitrogens with one attached hydrogen (secondary N) is 1. The van der Waals surface area contributed by atoms with Gasteiger partial charge in [0.05, 0.1) is 7.11 Å². The van der Waals surface area contributed by atoms with Crippen LogP contribution in [-0.4, -0.2) is 80.4 Å². The third-order valence-corrected chi connectivity index (χ3v) is 5.33. The number of aliphatic imine (C=N–C) groups is 1. The van der Waals surface area contributed by atoms with Crippen LogP contribution in [0.3, 0.4) is 0 Å². The monoisotopic (exact) mass is 426 g/mol. The van der Waals surface area contributed by atoms with Crippen LogP contribution in [0.15, 0.2) is 53.5 Å². The number of nitrogens with zero attached hydrogens (tertiary/aromatic N) is 3. The molecular formula is C24H34N4O3. The van der Waals surface area contributed by atoms with Crippen LogP contribution in [0.4, 0.5) is 0 Å². The highest BCUT2D eigenvalue weighted by molar-refractivity contribution is 5.80. The van der Waals surface area contributed by atoms with E-state index in [0.717, 1.165) is 63.0 Å². The summed E-state index contributed by atoms with van der Waals surface area (Å²) in [4.78, 5) is 9.59. The van der Waals surface area contributed by atoms with Gasteiger partial charge in [-0.15, -0.1) is 0 Å². The molecule has 168 valence electrons. The van der Waals surface area contributed by atoms with Crippen molar-refractivity contribution in [3.8, 4) is 17.2 Å². The summed E-state index contributed by atoms with van der Waals surface area (Å²) in [7, 11) is 1.56. The van der Waals surface area contributed by atoms with Gasteiger partial charge in [-0.25, -0.2) is 0 Å². The number of aromatic hydroxyl groups is 1. The fourth-order valence-electron chi connectivity index (χ4n) is 3.59. The van der Waals surface area contributed by atoms with E-state index in [2.05, 4.69) is 22.0 Å². The zero-order valence-corrected chi connectivity index (χ0v) is 18.6. The number of methoxy groups -OCH3 is 1. The summed E-state index contributed by atoms with van der Waals surface area (Å²) in [5.41, 5.74) is 1.09. The standard InChI is InChI=1S/C24H34N4O3/c1-3-25-24(26-12-11-20-9-10-22(29)23(19-20)30-2)28-15-13-27(14-16-28)17-18-31-21-7-5-4-6-8-21/h4-10,19,29H,3,11-18H2,1-2H3,(H,25,26). The molecule has 0 saturated carbocycles. The summed E-state index contributed by atoms with van der Waals surface area (Å²) < 4.78 is 11.0. The summed E-state index contributed by atoms with van der Waals surface area (Å²) in [5.74, 6) is 2.55. The van der Waals surface area contributed by atoms with Crippen LogP contribution in [-0.2, 0) is 6.42 Å². The van der Waals surface area contributed by atoms with Gasteiger partial charge < -0.3 is 24.8 Å². The molecule has 0 spiro atoms. The normalized spacial score (nSPS) is 15.0. The molecule has 0 unspecified atom stereocenters. The Balaban J connectivity index is 1.44. The smallest absolute Gasteiger partial charge is 0.194 e.